The van der Waals surface area contributed by atoms with Gasteiger partial charge in [0.15, 0.2) is 0 Å². The van der Waals surface area contributed by atoms with Crippen LogP contribution in [0.2, 0.25) is 0 Å². The van der Waals surface area contributed by atoms with Gasteiger partial charge in [-0.1, -0.05) is 0 Å². The quantitative estimate of drug-likeness (QED) is 0.765. The third-order valence-corrected chi connectivity index (χ3v) is 2.33. The van der Waals surface area contributed by atoms with Crippen LogP contribution in [0, 0.1) is 5.82 Å². The number of carbonyl (C=O) groups excluding carboxylic acids is 1. The molecule has 0 aliphatic rings. The van der Waals surface area contributed by atoms with Crippen molar-refractivity contribution in [2.24, 2.45) is 0 Å². The van der Waals surface area contributed by atoms with Crippen molar-refractivity contribution < 1.29 is 9.18 Å². The summed E-state index contributed by atoms with van der Waals surface area (Å²) in [6.45, 7) is 0. The SMILES string of the molecule is O=C(Cl)c1ccnn(-c2ccc(F)cc2)c1=O. The third-order valence-electron chi connectivity index (χ3n) is 2.13. The lowest BCUT2D eigenvalue weighted by Crippen LogP contribution is -2.25. The first-order valence-electron chi connectivity index (χ1n) is 4.64. The molecule has 1 aromatic carbocycles. The molecular weight excluding hydrogens is 247 g/mol. The Morgan fingerprint density at radius 3 is 2.47 bits per heavy atom. The number of hydrogen-bond donors (Lipinski definition) is 0. The van der Waals surface area contributed by atoms with Crippen LogP contribution >= 0.6 is 11.6 Å². The maximum Gasteiger partial charge on any atom is 0.283 e. The van der Waals surface area contributed by atoms with Crippen molar-refractivity contribution in [1.82, 2.24) is 9.78 Å². The van der Waals surface area contributed by atoms with Crippen LogP contribution in [-0.4, -0.2) is 15.0 Å². The minimum atomic E-state index is -0.853. The van der Waals surface area contributed by atoms with E-state index in [0.717, 1.165) is 4.68 Å². The lowest BCUT2D eigenvalue weighted by atomic mass is 10.3. The topological polar surface area (TPSA) is 52.0 Å². The van der Waals surface area contributed by atoms with Crippen LogP contribution in [0.4, 0.5) is 4.39 Å². The molecule has 0 aliphatic heterocycles. The number of carbonyl (C=O) groups is 1. The molecule has 0 radical (unpaired) electrons. The number of benzene rings is 1. The Morgan fingerprint density at radius 2 is 1.88 bits per heavy atom. The van der Waals surface area contributed by atoms with Gasteiger partial charge < -0.3 is 0 Å². The highest BCUT2D eigenvalue weighted by molar-refractivity contribution is 6.67. The Hall–Kier alpha value is -2.01. The van der Waals surface area contributed by atoms with E-state index in [1.165, 1.54) is 36.5 Å². The minimum absolute atomic E-state index is 0.175. The van der Waals surface area contributed by atoms with Crippen molar-refractivity contribution in [1.29, 1.82) is 0 Å². The molecule has 0 fully saturated rings. The molecule has 0 unspecified atom stereocenters. The molecule has 2 aromatic rings. The van der Waals surface area contributed by atoms with E-state index >= 15 is 0 Å². The van der Waals surface area contributed by atoms with Gasteiger partial charge in [-0.25, -0.2) is 4.39 Å². The molecule has 1 aromatic heterocycles. The van der Waals surface area contributed by atoms with E-state index in [1.807, 2.05) is 0 Å². The molecular formula is C11H6ClFN2O2. The van der Waals surface area contributed by atoms with Crippen molar-refractivity contribution in [2.45, 2.75) is 0 Å². The van der Waals surface area contributed by atoms with E-state index in [1.54, 1.807) is 0 Å². The normalized spacial score (nSPS) is 10.2. The number of aromatic nitrogens is 2. The molecule has 0 spiro atoms. The van der Waals surface area contributed by atoms with Crippen LogP contribution in [0.25, 0.3) is 5.69 Å². The molecule has 86 valence electrons. The van der Waals surface area contributed by atoms with Gasteiger partial charge in [0.25, 0.3) is 10.8 Å². The summed E-state index contributed by atoms with van der Waals surface area (Å²) in [5.41, 5.74) is -0.457. The third kappa shape index (κ3) is 2.24. The predicted molar refractivity (Wildman–Crippen MR) is 60.0 cm³/mol. The standard InChI is InChI=1S/C11H6ClFN2O2/c12-10(16)9-5-6-14-15(11(9)17)8-3-1-7(13)2-4-8/h1-6H. The molecule has 17 heavy (non-hydrogen) atoms. The second kappa shape index (κ2) is 4.47. The largest absolute Gasteiger partial charge is 0.283 e. The fraction of sp³-hybridized carbons (Fsp3) is 0. The van der Waals surface area contributed by atoms with Gasteiger partial charge in [0.2, 0.25) is 0 Å². The summed E-state index contributed by atoms with van der Waals surface area (Å²) in [4.78, 5) is 22.8. The van der Waals surface area contributed by atoms with Gasteiger partial charge in [-0.05, 0) is 41.9 Å². The van der Waals surface area contributed by atoms with E-state index in [-0.39, 0.29) is 5.56 Å². The van der Waals surface area contributed by atoms with E-state index < -0.39 is 16.6 Å². The molecule has 0 bridgehead atoms. The second-order valence-electron chi connectivity index (χ2n) is 3.21. The van der Waals surface area contributed by atoms with Crippen molar-refractivity contribution >= 4 is 16.8 Å². The minimum Gasteiger partial charge on any atom is -0.275 e. The van der Waals surface area contributed by atoms with Crippen molar-refractivity contribution in [3.63, 3.8) is 0 Å². The molecule has 0 amide bonds. The van der Waals surface area contributed by atoms with Gasteiger partial charge in [-0.2, -0.15) is 9.78 Å². The predicted octanol–water partition coefficient (Wildman–Crippen LogP) is 1.75. The fourth-order valence-electron chi connectivity index (χ4n) is 1.33. The molecule has 0 aliphatic carbocycles. The molecule has 0 N–H and O–H groups in total. The number of halogens is 2. The van der Waals surface area contributed by atoms with Gasteiger partial charge >= 0.3 is 0 Å². The van der Waals surface area contributed by atoms with Crippen molar-refractivity contribution in [3.05, 3.63) is 58.3 Å². The number of rotatable bonds is 2. The average molecular weight is 253 g/mol. The van der Waals surface area contributed by atoms with Crippen molar-refractivity contribution in [3.8, 4) is 5.69 Å². The molecule has 4 nitrogen and oxygen atoms in total. The summed E-state index contributed by atoms with van der Waals surface area (Å²) in [7, 11) is 0. The van der Waals surface area contributed by atoms with Crippen LogP contribution in [-0.2, 0) is 0 Å². The second-order valence-corrected chi connectivity index (χ2v) is 3.56. The average Bonchev–Trinajstić information content (AvgIpc) is 2.30. The van der Waals surface area contributed by atoms with Gasteiger partial charge in [0, 0.05) is 6.20 Å². The van der Waals surface area contributed by atoms with Crippen LogP contribution < -0.4 is 5.56 Å². The molecule has 0 atom stereocenters. The Labute approximate surface area is 100 Å². The monoisotopic (exact) mass is 252 g/mol. The lowest BCUT2D eigenvalue weighted by molar-refractivity contribution is 0.107. The van der Waals surface area contributed by atoms with Gasteiger partial charge in [0.05, 0.1) is 5.69 Å². The smallest absolute Gasteiger partial charge is 0.275 e. The summed E-state index contributed by atoms with van der Waals surface area (Å²) in [6, 6.07) is 6.38. The molecule has 0 saturated heterocycles. The molecule has 0 saturated carbocycles. The van der Waals surface area contributed by atoms with Crippen LogP contribution in [0.5, 0.6) is 0 Å². The Morgan fingerprint density at radius 1 is 1.24 bits per heavy atom. The van der Waals surface area contributed by atoms with Gasteiger partial charge in [0.1, 0.15) is 11.4 Å². The Bertz CT molecular complexity index is 622. The first-order valence-corrected chi connectivity index (χ1v) is 5.01. The summed E-state index contributed by atoms with van der Waals surface area (Å²) < 4.78 is 13.7. The summed E-state index contributed by atoms with van der Waals surface area (Å²) >= 11 is 5.25. The van der Waals surface area contributed by atoms with Crippen LogP contribution in [0.3, 0.4) is 0 Å². The Balaban J connectivity index is 2.61. The molecule has 2 rings (SSSR count). The first-order chi connectivity index (χ1) is 8.09. The zero-order valence-corrected chi connectivity index (χ0v) is 9.19. The van der Waals surface area contributed by atoms with E-state index in [9.17, 15) is 14.0 Å². The van der Waals surface area contributed by atoms with Crippen LogP contribution in [0.1, 0.15) is 10.4 Å². The van der Waals surface area contributed by atoms with Crippen LogP contribution in [0.15, 0.2) is 41.3 Å². The highest BCUT2D eigenvalue weighted by atomic mass is 35.5. The number of nitrogens with zero attached hydrogens (tertiary/aromatic N) is 2. The zero-order chi connectivity index (χ0) is 12.4. The van der Waals surface area contributed by atoms with Crippen molar-refractivity contribution in [2.75, 3.05) is 0 Å². The zero-order valence-electron chi connectivity index (χ0n) is 8.43. The van der Waals surface area contributed by atoms with Gasteiger partial charge in [-0.3, -0.25) is 9.59 Å². The maximum atomic E-state index is 12.7. The highest BCUT2D eigenvalue weighted by Gasteiger charge is 2.11. The lowest BCUT2D eigenvalue weighted by Gasteiger charge is -2.04. The molecule has 1 heterocycles. The van der Waals surface area contributed by atoms with Gasteiger partial charge in [-0.15, -0.1) is 0 Å². The highest BCUT2D eigenvalue weighted by Crippen LogP contribution is 2.06. The van der Waals surface area contributed by atoms with E-state index in [0.29, 0.717) is 5.69 Å². The van der Waals surface area contributed by atoms with E-state index in [2.05, 4.69) is 5.10 Å². The summed E-state index contributed by atoms with van der Waals surface area (Å²) in [5.74, 6) is -0.425. The summed E-state index contributed by atoms with van der Waals surface area (Å²) in [6.07, 6.45) is 1.28. The molecule has 6 heteroatoms. The number of hydrogen-bond acceptors (Lipinski definition) is 3. The van der Waals surface area contributed by atoms with E-state index in [4.69, 9.17) is 11.6 Å². The summed E-state index contributed by atoms with van der Waals surface area (Å²) in [5, 5.41) is 2.94. The Kier molecular flexibility index (Phi) is 3.01. The fourth-order valence-corrected chi connectivity index (χ4v) is 1.47. The first kappa shape index (κ1) is 11.5. The maximum absolute atomic E-state index is 12.7.